The van der Waals surface area contributed by atoms with Crippen LogP contribution in [0, 0.1) is 0 Å². The van der Waals surface area contributed by atoms with Crippen LogP contribution in [0.5, 0.6) is 11.5 Å². The normalized spacial score (nSPS) is 16.4. The fourth-order valence-corrected chi connectivity index (χ4v) is 4.60. The fraction of sp³-hybridized carbons (Fsp3) is 0.281. The molecule has 1 aliphatic rings. The Labute approximate surface area is 228 Å². The molecule has 39 heavy (non-hydrogen) atoms. The maximum Gasteiger partial charge on any atom is 0.308 e. The molecule has 0 radical (unpaired) electrons. The number of carbonyl (C=O) groups excluding carboxylic acids is 3. The van der Waals surface area contributed by atoms with Crippen molar-refractivity contribution in [1.82, 2.24) is 0 Å². The number of unbranched alkanes of at least 4 members (excludes halogenated alkanes) is 2. The molecule has 1 atom stereocenters. The standard InChI is InChI=1S/C32H33NO6/c1-4-6-7-20-38-26-16-12-24(13-17-26)30(35)28-29(23-10-18-27(19-11-23)39-21(3)34)33(32(37)31(28)36)25-14-8-22(5-2)9-15-25/h8-19,29,35H,4-7,20H2,1-3H3/b30-28+. The number of ketones is 1. The molecule has 3 aromatic carbocycles. The number of amides is 1. The summed E-state index contributed by atoms with van der Waals surface area (Å²) in [5, 5.41) is 11.4. The second kappa shape index (κ2) is 12.4. The smallest absolute Gasteiger partial charge is 0.308 e. The lowest BCUT2D eigenvalue weighted by molar-refractivity contribution is -0.132. The highest BCUT2D eigenvalue weighted by atomic mass is 16.5. The Kier molecular flexibility index (Phi) is 8.81. The molecular formula is C32H33NO6. The molecule has 0 aliphatic carbocycles. The number of hydrogen-bond acceptors (Lipinski definition) is 6. The van der Waals surface area contributed by atoms with Crippen LogP contribution in [-0.2, 0) is 20.8 Å². The van der Waals surface area contributed by atoms with Crippen molar-refractivity contribution < 1.29 is 29.0 Å². The van der Waals surface area contributed by atoms with E-state index in [2.05, 4.69) is 6.92 Å². The third-order valence-electron chi connectivity index (χ3n) is 6.67. The molecule has 1 N–H and O–H groups in total. The molecular weight excluding hydrogens is 494 g/mol. The van der Waals surface area contributed by atoms with Gasteiger partial charge in [-0.1, -0.05) is 51.0 Å². The largest absolute Gasteiger partial charge is 0.507 e. The van der Waals surface area contributed by atoms with Gasteiger partial charge in [0.05, 0.1) is 18.2 Å². The maximum absolute atomic E-state index is 13.4. The van der Waals surface area contributed by atoms with Crippen LogP contribution in [0.15, 0.2) is 78.4 Å². The van der Waals surface area contributed by atoms with Gasteiger partial charge in [-0.05, 0) is 72.5 Å². The summed E-state index contributed by atoms with van der Waals surface area (Å²) in [7, 11) is 0. The zero-order valence-corrected chi connectivity index (χ0v) is 22.5. The van der Waals surface area contributed by atoms with Crippen LogP contribution in [0.2, 0.25) is 0 Å². The van der Waals surface area contributed by atoms with E-state index >= 15 is 0 Å². The van der Waals surface area contributed by atoms with Gasteiger partial charge in [-0.15, -0.1) is 0 Å². The summed E-state index contributed by atoms with van der Waals surface area (Å²) < 4.78 is 10.9. The van der Waals surface area contributed by atoms with Crippen LogP contribution in [0.4, 0.5) is 5.69 Å². The molecule has 0 saturated carbocycles. The Bertz CT molecular complexity index is 1360. The Morgan fingerprint density at radius 1 is 0.872 bits per heavy atom. The van der Waals surface area contributed by atoms with Crippen molar-refractivity contribution in [3.05, 3.63) is 95.1 Å². The van der Waals surface area contributed by atoms with Gasteiger partial charge in [0, 0.05) is 18.2 Å². The molecule has 0 spiro atoms. The first-order chi connectivity index (χ1) is 18.8. The van der Waals surface area contributed by atoms with Crippen molar-refractivity contribution >= 4 is 29.1 Å². The quantitative estimate of drug-likeness (QED) is 0.0822. The number of aliphatic hydroxyl groups excluding tert-OH is 1. The summed E-state index contributed by atoms with van der Waals surface area (Å²) in [6, 6.07) is 19.9. The Balaban J connectivity index is 1.75. The van der Waals surface area contributed by atoms with Gasteiger partial charge in [0.25, 0.3) is 11.7 Å². The third-order valence-corrected chi connectivity index (χ3v) is 6.67. The average molecular weight is 528 g/mol. The highest BCUT2D eigenvalue weighted by Crippen LogP contribution is 2.42. The molecule has 7 heteroatoms. The van der Waals surface area contributed by atoms with Crippen LogP contribution < -0.4 is 14.4 Å². The Hall–Kier alpha value is -4.39. The van der Waals surface area contributed by atoms with E-state index in [9.17, 15) is 19.5 Å². The van der Waals surface area contributed by atoms with Crippen molar-refractivity contribution in [3.63, 3.8) is 0 Å². The number of aryl methyl sites for hydroxylation is 1. The van der Waals surface area contributed by atoms with Crippen molar-refractivity contribution in [1.29, 1.82) is 0 Å². The fourth-order valence-electron chi connectivity index (χ4n) is 4.60. The molecule has 1 amide bonds. The Morgan fingerprint density at radius 3 is 2.10 bits per heavy atom. The number of ether oxygens (including phenoxy) is 2. The molecule has 1 saturated heterocycles. The predicted octanol–water partition coefficient (Wildman–Crippen LogP) is 6.37. The lowest BCUT2D eigenvalue weighted by Gasteiger charge is -2.25. The summed E-state index contributed by atoms with van der Waals surface area (Å²) in [4.78, 5) is 39.5. The van der Waals surface area contributed by atoms with Gasteiger partial charge in [0.2, 0.25) is 0 Å². The first-order valence-electron chi connectivity index (χ1n) is 13.3. The highest BCUT2D eigenvalue weighted by Gasteiger charge is 2.47. The van der Waals surface area contributed by atoms with Gasteiger partial charge in [0.1, 0.15) is 17.3 Å². The van der Waals surface area contributed by atoms with E-state index in [1.807, 2.05) is 19.1 Å². The number of rotatable bonds is 10. The van der Waals surface area contributed by atoms with Gasteiger partial charge in [-0.25, -0.2) is 0 Å². The monoisotopic (exact) mass is 527 g/mol. The van der Waals surface area contributed by atoms with Gasteiger partial charge in [0.15, 0.2) is 0 Å². The van der Waals surface area contributed by atoms with Crippen molar-refractivity contribution in [2.45, 2.75) is 52.5 Å². The topological polar surface area (TPSA) is 93.1 Å². The van der Waals surface area contributed by atoms with Gasteiger partial charge < -0.3 is 14.6 Å². The van der Waals surface area contributed by atoms with E-state index in [0.717, 1.165) is 31.2 Å². The molecule has 1 heterocycles. The molecule has 1 unspecified atom stereocenters. The molecule has 1 aliphatic heterocycles. The molecule has 0 bridgehead atoms. The second-order valence-electron chi connectivity index (χ2n) is 9.43. The van der Waals surface area contributed by atoms with Crippen molar-refractivity contribution in [2.75, 3.05) is 11.5 Å². The second-order valence-corrected chi connectivity index (χ2v) is 9.43. The minimum absolute atomic E-state index is 0.0172. The van der Waals surface area contributed by atoms with E-state index in [4.69, 9.17) is 9.47 Å². The SMILES string of the molecule is CCCCCOc1ccc(/C(O)=C2\C(=O)C(=O)N(c3ccc(CC)cc3)C2c2ccc(OC(C)=O)cc2)cc1. The number of esters is 1. The van der Waals surface area contributed by atoms with Gasteiger partial charge in [-0.2, -0.15) is 0 Å². The minimum atomic E-state index is -0.881. The van der Waals surface area contributed by atoms with Crippen LogP contribution in [0.3, 0.4) is 0 Å². The summed E-state index contributed by atoms with van der Waals surface area (Å²) in [6.07, 6.45) is 3.97. The number of benzene rings is 3. The molecule has 7 nitrogen and oxygen atoms in total. The van der Waals surface area contributed by atoms with Crippen LogP contribution in [0.25, 0.3) is 5.76 Å². The summed E-state index contributed by atoms with van der Waals surface area (Å²) in [6.45, 7) is 6.07. The summed E-state index contributed by atoms with van der Waals surface area (Å²) in [5.74, 6) is -1.23. The van der Waals surface area contributed by atoms with Gasteiger partial charge >= 0.3 is 5.97 Å². The number of hydrogen-bond donors (Lipinski definition) is 1. The summed E-state index contributed by atoms with van der Waals surface area (Å²) in [5.41, 5.74) is 2.60. The predicted molar refractivity (Wildman–Crippen MR) is 150 cm³/mol. The zero-order valence-electron chi connectivity index (χ0n) is 22.5. The lowest BCUT2D eigenvalue weighted by atomic mass is 9.95. The van der Waals surface area contributed by atoms with E-state index in [0.29, 0.717) is 34.9 Å². The van der Waals surface area contributed by atoms with Crippen LogP contribution >= 0.6 is 0 Å². The maximum atomic E-state index is 13.4. The van der Waals surface area contributed by atoms with E-state index in [1.165, 1.54) is 11.8 Å². The minimum Gasteiger partial charge on any atom is -0.507 e. The van der Waals surface area contributed by atoms with E-state index in [1.54, 1.807) is 60.7 Å². The summed E-state index contributed by atoms with van der Waals surface area (Å²) >= 11 is 0. The molecule has 1 fully saturated rings. The third kappa shape index (κ3) is 6.20. The van der Waals surface area contributed by atoms with Crippen LogP contribution in [-0.4, -0.2) is 29.4 Å². The number of carbonyl (C=O) groups is 3. The van der Waals surface area contributed by atoms with Crippen LogP contribution in [0.1, 0.15) is 62.8 Å². The first-order valence-corrected chi connectivity index (χ1v) is 13.3. The average Bonchev–Trinajstić information content (AvgIpc) is 3.21. The number of anilines is 1. The lowest BCUT2D eigenvalue weighted by Crippen LogP contribution is -2.29. The first kappa shape index (κ1) is 27.6. The molecule has 202 valence electrons. The van der Waals surface area contributed by atoms with Crippen molar-refractivity contribution in [3.8, 4) is 11.5 Å². The molecule has 4 rings (SSSR count). The Morgan fingerprint density at radius 2 is 1.51 bits per heavy atom. The molecule has 3 aromatic rings. The van der Waals surface area contributed by atoms with E-state index in [-0.39, 0.29) is 11.3 Å². The highest BCUT2D eigenvalue weighted by molar-refractivity contribution is 6.51. The number of Topliss-reactive ketones (excluding diaryl/α,β-unsaturated/α-hetero) is 1. The van der Waals surface area contributed by atoms with Crippen molar-refractivity contribution in [2.24, 2.45) is 0 Å². The van der Waals surface area contributed by atoms with Gasteiger partial charge in [-0.3, -0.25) is 19.3 Å². The number of nitrogens with zero attached hydrogens (tertiary/aromatic N) is 1. The zero-order chi connectivity index (χ0) is 27.9. The molecule has 0 aromatic heterocycles. The number of aliphatic hydroxyl groups is 1. The van der Waals surface area contributed by atoms with E-state index < -0.39 is 23.7 Å².